The molecule has 112 valence electrons. The first kappa shape index (κ1) is 14.3. The normalized spacial score (nSPS) is 15.8. The number of rotatable bonds is 5. The van der Waals surface area contributed by atoms with Gasteiger partial charge in [0.15, 0.2) is 0 Å². The zero-order chi connectivity index (χ0) is 15.0. The predicted octanol–water partition coefficient (Wildman–Crippen LogP) is 3.49. The molecule has 0 amide bonds. The SMILES string of the molecule is Cc1ccc(C(C)Nc2nc(C3CC3)nc(NN)c2C)s1. The number of hydrogen-bond donors (Lipinski definition) is 3. The van der Waals surface area contributed by atoms with E-state index in [4.69, 9.17) is 10.8 Å². The number of hydrazine groups is 1. The van der Waals surface area contributed by atoms with Gasteiger partial charge in [0.1, 0.15) is 17.5 Å². The van der Waals surface area contributed by atoms with Crippen molar-refractivity contribution in [2.75, 3.05) is 10.7 Å². The average molecular weight is 303 g/mol. The van der Waals surface area contributed by atoms with Gasteiger partial charge in [0.05, 0.1) is 6.04 Å². The smallest absolute Gasteiger partial charge is 0.148 e. The summed E-state index contributed by atoms with van der Waals surface area (Å²) in [5.41, 5.74) is 3.65. The minimum absolute atomic E-state index is 0.218. The predicted molar refractivity (Wildman–Crippen MR) is 87.6 cm³/mol. The molecule has 3 rings (SSSR count). The molecule has 0 spiro atoms. The van der Waals surface area contributed by atoms with Crippen LogP contribution in [0.4, 0.5) is 11.6 Å². The molecule has 21 heavy (non-hydrogen) atoms. The van der Waals surface area contributed by atoms with Gasteiger partial charge >= 0.3 is 0 Å². The van der Waals surface area contributed by atoms with Gasteiger partial charge < -0.3 is 10.7 Å². The summed E-state index contributed by atoms with van der Waals surface area (Å²) in [4.78, 5) is 11.8. The van der Waals surface area contributed by atoms with E-state index in [1.165, 1.54) is 22.6 Å². The number of anilines is 2. The van der Waals surface area contributed by atoms with Gasteiger partial charge in [-0.05, 0) is 45.7 Å². The van der Waals surface area contributed by atoms with Gasteiger partial charge in [-0.25, -0.2) is 15.8 Å². The maximum absolute atomic E-state index is 5.59. The molecule has 2 heterocycles. The molecule has 1 saturated carbocycles. The third-order valence-electron chi connectivity index (χ3n) is 3.78. The quantitative estimate of drug-likeness (QED) is 0.582. The Balaban J connectivity index is 1.88. The third-order valence-corrected chi connectivity index (χ3v) is 4.97. The minimum Gasteiger partial charge on any atom is -0.362 e. The van der Waals surface area contributed by atoms with E-state index >= 15 is 0 Å². The van der Waals surface area contributed by atoms with Crippen molar-refractivity contribution < 1.29 is 0 Å². The number of nitrogen functional groups attached to an aromatic ring is 1. The molecule has 1 aliphatic rings. The van der Waals surface area contributed by atoms with Crippen molar-refractivity contribution in [2.45, 2.75) is 45.6 Å². The van der Waals surface area contributed by atoms with Gasteiger partial charge in [0, 0.05) is 21.2 Å². The monoisotopic (exact) mass is 303 g/mol. The summed E-state index contributed by atoms with van der Waals surface area (Å²) in [6, 6.07) is 4.53. The molecule has 2 aromatic heterocycles. The van der Waals surface area contributed by atoms with Crippen LogP contribution >= 0.6 is 11.3 Å². The van der Waals surface area contributed by atoms with Crippen LogP contribution in [0.2, 0.25) is 0 Å². The number of nitrogens with two attached hydrogens (primary N) is 1. The summed E-state index contributed by atoms with van der Waals surface area (Å²) in [6.45, 7) is 6.26. The number of hydrogen-bond acceptors (Lipinski definition) is 6. The Hall–Kier alpha value is -1.66. The largest absolute Gasteiger partial charge is 0.362 e. The van der Waals surface area contributed by atoms with Crippen molar-refractivity contribution in [3.05, 3.63) is 33.3 Å². The Bertz CT molecular complexity index is 648. The standard InChI is InChI=1S/C15H21N5S/c1-8-4-7-12(21-8)10(3)17-13-9(2)14(20-16)19-15(18-13)11-5-6-11/h4,7,10-11H,5-6,16H2,1-3H3,(H2,17,18,19,20). The highest BCUT2D eigenvalue weighted by atomic mass is 32.1. The van der Waals surface area contributed by atoms with Gasteiger partial charge in [-0.2, -0.15) is 0 Å². The lowest BCUT2D eigenvalue weighted by atomic mass is 10.2. The number of aryl methyl sites for hydroxylation is 1. The van der Waals surface area contributed by atoms with E-state index in [2.05, 4.69) is 41.7 Å². The zero-order valence-electron chi connectivity index (χ0n) is 12.6. The highest BCUT2D eigenvalue weighted by Gasteiger charge is 2.28. The van der Waals surface area contributed by atoms with Crippen LogP contribution in [0, 0.1) is 13.8 Å². The first-order valence-corrected chi connectivity index (χ1v) is 8.08. The van der Waals surface area contributed by atoms with Crippen LogP contribution < -0.4 is 16.6 Å². The van der Waals surface area contributed by atoms with Crippen molar-refractivity contribution in [1.82, 2.24) is 9.97 Å². The van der Waals surface area contributed by atoms with E-state index in [0.717, 1.165) is 17.2 Å². The molecule has 2 aromatic rings. The molecule has 0 aliphatic heterocycles. The van der Waals surface area contributed by atoms with Crippen molar-refractivity contribution in [3.8, 4) is 0 Å². The molecule has 0 aromatic carbocycles. The summed E-state index contributed by atoms with van der Waals surface area (Å²) in [7, 11) is 0. The molecule has 4 N–H and O–H groups in total. The van der Waals surface area contributed by atoms with Crippen molar-refractivity contribution >= 4 is 23.0 Å². The van der Waals surface area contributed by atoms with E-state index < -0.39 is 0 Å². The van der Waals surface area contributed by atoms with E-state index in [-0.39, 0.29) is 6.04 Å². The fraction of sp³-hybridized carbons (Fsp3) is 0.467. The molecule has 0 saturated heterocycles. The van der Waals surface area contributed by atoms with Crippen molar-refractivity contribution in [2.24, 2.45) is 5.84 Å². The second-order valence-corrected chi connectivity index (χ2v) is 6.96. The zero-order valence-corrected chi connectivity index (χ0v) is 13.4. The van der Waals surface area contributed by atoms with Crippen LogP contribution in [0.15, 0.2) is 12.1 Å². The Morgan fingerprint density at radius 1 is 1.24 bits per heavy atom. The molecule has 0 radical (unpaired) electrons. The fourth-order valence-corrected chi connectivity index (χ4v) is 3.18. The van der Waals surface area contributed by atoms with Gasteiger partial charge in [-0.1, -0.05) is 0 Å². The first-order chi connectivity index (χ1) is 10.1. The molecular formula is C15H21N5S. The van der Waals surface area contributed by atoms with Gasteiger partial charge in [0.25, 0.3) is 0 Å². The molecule has 6 heteroatoms. The third kappa shape index (κ3) is 3.01. The van der Waals surface area contributed by atoms with Crippen LogP contribution in [0.5, 0.6) is 0 Å². The second-order valence-electron chi connectivity index (χ2n) is 5.64. The van der Waals surface area contributed by atoms with Crippen LogP contribution in [0.1, 0.15) is 52.9 Å². The van der Waals surface area contributed by atoms with E-state index in [9.17, 15) is 0 Å². The lowest BCUT2D eigenvalue weighted by Gasteiger charge is -2.17. The highest BCUT2D eigenvalue weighted by molar-refractivity contribution is 7.12. The summed E-state index contributed by atoms with van der Waals surface area (Å²) in [6.07, 6.45) is 2.35. The van der Waals surface area contributed by atoms with Gasteiger partial charge in [-0.15, -0.1) is 11.3 Å². The van der Waals surface area contributed by atoms with Gasteiger partial charge in [-0.3, -0.25) is 0 Å². The van der Waals surface area contributed by atoms with Crippen molar-refractivity contribution in [3.63, 3.8) is 0 Å². The molecule has 1 fully saturated rings. The lowest BCUT2D eigenvalue weighted by Crippen LogP contribution is -2.16. The minimum atomic E-state index is 0.218. The second kappa shape index (κ2) is 5.61. The maximum atomic E-state index is 5.59. The number of nitrogens with zero attached hydrogens (tertiary/aromatic N) is 2. The topological polar surface area (TPSA) is 75.9 Å². The van der Waals surface area contributed by atoms with E-state index in [1.807, 2.05) is 18.3 Å². The Morgan fingerprint density at radius 3 is 2.52 bits per heavy atom. The van der Waals surface area contributed by atoms with Crippen LogP contribution in [-0.4, -0.2) is 9.97 Å². The molecule has 1 unspecified atom stereocenters. The fourth-order valence-electron chi connectivity index (χ4n) is 2.30. The maximum Gasteiger partial charge on any atom is 0.148 e. The van der Waals surface area contributed by atoms with Gasteiger partial charge in [0.2, 0.25) is 0 Å². The number of aromatic nitrogens is 2. The average Bonchev–Trinajstić information content (AvgIpc) is 3.22. The summed E-state index contributed by atoms with van der Waals surface area (Å²) < 4.78 is 0. The molecule has 5 nitrogen and oxygen atoms in total. The van der Waals surface area contributed by atoms with Crippen LogP contribution in [0.3, 0.4) is 0 Å². The molecule has 1 atom stereocenters. The Labute approximate surface area is 129 Å². The number of nitrogens with one attached hydrogen (secondary N) is 2. The highest BCUT2D eigenvalue weighted by Crippen LogP contribution is 2.40. The first-order valence-electron chi connectivity index (χ1n) is 7.26. The van der Waals surface area contributed by atoms with Crippen LogP contribution in [0.25, 0.3) is 0 Å². The van der Waals surface area contributed by atoms with Crippen LogP contribution in [-0.2, 0) is 0 Å². The Morgan fingerprint density at radius 2 is 1.95 bits per heavy atom. The molecule has 1 aliphatic carbocycles. The molecular weight excluding hydrogens is 282 g/mol. The Kier molecular flexibility index (Phi) is 3.82. The summed E-state index contributed by atoms with van der Waals surface area (Å²) in [5.74, 6) is 8.57. The van der Waals surface area contributed by atoms with E-state index in [0.29, 0.717) is 11.7 Å². The number of thiophene rings is 1. The van der Waals surface area contributed by atoms with E-state index in [1.54, 1.807) is 0 Å². The molecule has 0 bridgehead atoms. The lowest BCUT2D eigenvalue weighted by molar-refractivity contribution is 0.861. The summed E-state index contributed by atoms with van der Waals surface area (Å²) >= 11 is 1.81. The van der Waals surface area contributed by atoms with Crippen molar-refractivity contribution in [1.29, 1.82) is 0 Å². The summed E-state index contributed by atoms with van der Waals surface area (Å²) in [5, 5.41) is 3.50.